The highest BCUT2D eigenvalue weighted by atomic mass is 16.3. The highest BCUT2D eigenvalue weighted by Crippen LogP contribution is 2.63. The van der Waals surface area contributed by atoms with Gasteiger partial charge < -0.3 is 10.2 Å². The molecule has 22 heavy (non-hydrogen) atoms. The van der Waals surface area contributed by atoms with Gasteiger partial charge in [-0.3, -0.25) is 4.79 Å². The maximum Gasteiger partial charge on any atom is 0.139 e. The van der Waals surface area contributed by atoms with Gasteiger partial charge in [0.15, 0.2) is 0 Å². The Morgan fingerprint density at radius 2 is 2.05 bits per heavy atom. The standard InChI is InChI=1S/C19H28O3/c1-18-8-7-16-14(15(18)4-5-17(18)22)3-2-12-10-13(21)6-9-19(12,16)11-20/h2,13-16,20-21H,3-11H2,1H3/t13-,14-,15+,16-,18+,19+/m0/s1. The number of fused-ring (bicyclic) bond motifs is 5. The van der Waals surface area contributed by atoms with Crippen LogP contribution in [0.2, 0.25) is 0 Å². The van der Waals surface area contributed by atoms with Crippen molar-refractivity contribution >= 4 is 5.78 Å². The van der Waals surface area contributed by atoms with Crippen molar-refractivity contribution in [1.29, 1.82) is 0 Å². The van der Waals surface area contributed by atoms with Gasteiger partial charge in [-0.05, 0) is 62.7 Å². The fraction of sp³-hybridized carbons (Fsp3) is 0.842. The Balaban J connectivity index is 1.72. The van der Waals surface area contributed by atoms with Crippen molar-refractivity contribution in [2.75, 3.05) is 6.61 Å². The number of carbonyl (C=O) groups is 1. The minimum absolute atomic E-state index is 0.0999. The third-order valence-electron chi connectivity index (χ3n) is 7.79. The number of Topliss-reactive ketones (excluding diaryl/α,β-unsaturated/α-hetero) is 1. The number of hydrogen-bond acceptors (Lipinski definition) is 3. The first kappa shape index (κ1) is 14.9. The molecule has 0 unspecified atom stereocenters. The second kappa shape index (κ2) is 4.91. The van der Waals surface area contributed by atoms with E-state index < -0.39 is 0 Å². The molecule has 0 spiro atoms. The smallest absolute Gasteiger partial charge is 0.139 e. The second-order valence-corrected chi connectivity index (χ2v) is 8.47. The molecule has 4 aliphatic rings. The Labute approximate surface area is 132 Å². The maximum absolute atomic E-state index is 12.4. The Hall–Kier alpha value is -0.670. The van der Waals surface area contributed by atoms with Gasteiger partial charge in [0, 0.05) is 17.3 Å². The third-order valence-corrected chi connectivity index (χ3v) is 7.79. The molecule has 0 aromatic heterocycles. The fourth-order valence-electron chi connectivity index (χ4n) is 6.50. The minimum atomic E-state index is -0.232. The van der Waals surface area contributed by atoms with Crippen LogP contribution in [-0.2, 0) is 4.79 Å². The molecule has 3 nitrogen and oxygen atoms in total. The van der Waals surface area contributed by atoms with Gasteiger partial charge in [-0.15, -0.1) is 0 Å². The van der Waals surface area contributed by atoms with Crippen LogP contribution in [0.15, 0.2) is 11.6 Å². The Morgan fingerprint density at radius 1 is 1.23 bits per heavy atom. The van der Waals surface area contributed by atoms with E-state index in [1.807, 2.05) is 0 Å². The van der Waals surface area contributed by atoms with Crippen LogP contribution in [-0.4, -0.2) is 28.7 Å². The number of hydrogen-bond donors (Lipinski definition) is 2. The zero-order valence-corrected chi connectivity index (χ0v) is 13.6. The second-order valence-electron chi connectivity index (χ2n) is 8.47. The van der Waals surface area contributed by atoms with E-state index in [9.17, 15) is 15.0 Å². The first-order chi connectivity index (χ1) is 10.5. The molecule has 6 atom stereocenters. The molecule has 3 saturated carbocycles. The van der Waals surface area contributed by atoms with E-state index in [-0.39, 0.29) is 23.5 Å². The Bertz CT molecular complexity index is 525. The summed E-state index contributed by atoms with van der Waals surface area (Å²) < 4.78 is 0. The molecule has 0 bridgehead atoms. The van der Waals surface area contributed by atoms with Crippen LogP contribution in [0.3, 0.4) is 0 Å². The van der Waals surface area contributed by atoms with Gasteiger partial charge in [-0.1, -0.05) is 18.6 Å². The summed E-state index contributed by atoms with van der Waals surface area (Å²) in [5, 5.41) is 20.3. The van der Waals surface area contributed by atoms with E-state index in [1.54, 1.807) is 0 Å². The van der Waals surface area contributed by atoms with Gasteiger partial charge in [-0.2, -0.15) is 0 Å². The molecule has 0 aromatic carbocycles. The van der Waals surface area contributed by atoms with Crippen LogP contribution in [0.1, 0.15) is 58.3 Å². The average molecular weight is 304 g/mol. The van der Waals surface area contributed by atoms with Gasteiger partial charge in [0.05, 0.1) is 12.7 Å². The van der Waals surface area contributed by atoms with Crippen molar-refractivity contribution in [3.63, 3.8) is 0 Å². The first-order valence-corrected chi connectivity index (χ1v) is 9.03. The van der Waals surface area contributed by atoms with Crippen molar-refractivity contribution in [3.8, 4) is 0 Å². The zero-order valence-electron chi connectivity index (χ0n) is 13.6. The molecule has 0 aliphatic heterocycles. The van der Waals surface area contributed by atoms with E-state index in [4.69, 9.17) is 0 Å². The monoisotopic (exact) mass is 304 g/mol. The number of aliphatic hydroxyl groups is 2. The molecule has 0 radical (unpaired) electrons. The molecule has 2 N–H and O–H groups in total. The third kappa shape index (κ3) is 1.78. The summed E-state index contributed by atoms with van der Waals surface area (Å²) in [6, 6.07) is 0. The lowest BCUT2D eigenvalue weighted by Crippen LogP contribution is -2.53. The predicted octanol–water partition coefficient (Wildman–Crippen LogP) is 2.85. The summed E-state index contributed by atoms with van der Waals surface area (Å²) in [6.45, 7) is 2.41. The molecular weight excluding hydrogens is 276 g/mol. The molecule has 0 heterocycles. The summed E-state index contributed by atoms with van der Waals surface area (Å²) in [6.07, 6.45) is 9.45. The lowest BCUT2D eigenvalue weighted by molar-refractivity contribution is -0.133. The highest BCUT2D eigenvalue weighted by molar-refractivity contribution is 5.87. The highest BCUT2D eigenvalue weighted by Gasteiger charge is 2.59. The molecule has 0 saturated heterocycles. The number of rotatable bonds is 1. The van der Waals surface area contributed by atoms with Crippen molar-refractivity contribution in [2.45, 2.75) is 64.4 Å². The van der Waals surface area contributed by atoms with E-state index >= 15 is 0 Å². The largest absolute Gasteiger partial charge is 0.395 e. The predicted molar refractivity (Wildman–Crippen MR) is 84.1 cm³/mol. The number of carbonyl (C=O) groups excluding carboxylic acids is 1. The Kier molecular flexibility index (Phi) is 3.32. The quantitative estimate of drug-likeness (QED) is 0.732. The lowest BCUT2D eigenvalue weighted by Gasteiger charge is -2.57. The van der Waals surface area contributed by atoms with Crippen LogP contribution in [0.5, 0.6) is 0 Å². The van der Waals surface area contributed by atoms with Crippen LogP contribution < -0.4 is 0 Å². The topological polar surface area (TPSA) is 57.5 Å². The van der Waals surface area contributed by atoms with Crippen LogP contribution >= 0.6 is 0 Å². The molecule has 0 amide bonds. The number of allylic oxidation sites excluding steroid dienone is 1. The van der Waals surface area contributed by atoms with E-state index in [2.05, 4.69) is 13.0 Å². The molecular formula is C19H28O3. The summed E-state index contributed by atoms with van der Waals surface area (Å²) in [5.41, 5.74) is 1.11. The number of ketones is 1. The summed E-state index contributed by atoms with van der Waals surface area (Å²) in [4.78, 5) is 12.4. The van der Waals surface area contributed by atoms with Crippen molar-refractivity contribution in [1.82, 2.24) is 0 Å². The van der Waals surface area contributed by atoms with Crippen molar-refractivity contribution in [2.24, 2.45) is 28.6 Å². The van der Waals surface area contributed by atoms with Crippen LogP contribution in [0.4, 0.5) is 0 Å². The summed E-state index contributed by atoms with van der Waals surface area (Å²) in [5.74, 6) is 2.04. The molecule has 122 valence electrons. The van der Waals surface area contributed by atoms with E-state index in [1.165, 1.54) is 5.57 Å². The normalized spacial score (nSPS) is 50.9. The molecule has 4 aliphatic carbocycles. The van der Waals surface area contributed by atoms with E-state index in [0.29, 0.717) is 23.5 Å². The molecule has 3 heteroatoms. The van der Waals surface area contributed by atoms with Gasteiger partial charge in [0.1, 0.15) is 5.78 Å². The lowest BCUT2D eigenvalue weighted by atomic mass is 9.47. The maximum atomic E-state index is 12.4. The van der Waals surface area contributed by atoms with Gasteiger partial charge >= 0.3 is 0 Å². The molecule has 4 rings (SSSR count). The number of aliphatic hydroxyl groups excluding tert-OH is 2. The van der Waals surface area contributed by atoms with Crippen molar-refractivity contribution < 1.29 is 15.0 Å². The average Bonchev–Trinajstić information content (AvgIpc) is 2.82. The van der Waals surface area contributed by atoms with Gasteiger partial charge in [-0.25, -0.2) is 0 Å². The van der Waals surface area contributed by atoms with E-state index in [0.717, 1.165) is 51.4 Å². The van der Waals surface area contributed by atoms with Gasteiger partial charge in [0.2, 0.25) is 0 Å². The first-order valence-electron chi connectivity index (χ1n) is 9.03. The molecule has 0 aromatic rings. The summed E-state index contributed by atoms with van der Waals surface area (Å²) in [7, 11) is 0. The van der Waals surface area contributed by atoms with Crippen molar-refractivity contribution in [3.05, 3.63) is 11.6 Å². The van der Waals surface area contributed by atoms with Gasteiger partial charge in [0.25, 0.3) is 0 Å². The SMILES string of the molecule is C[C@@]12CC[C@H]3[C@@H](CC=C4C[C@@H](O)CC[C@@]43CO)[C@H]1CCC2=O. The fourth-order valence-corrected chi connectivity index (χ4v) is 6.50. The van der Waals surface area contributed by atoms with Crippen LogP contribution in [0.25, 0.3) is 0 Å². The summed E-state index contributed by atoms with van der Waals surface area (Å²) >= 11 is 0. The molecule has 3 fully saturated rings. The Morgan fingerprint density at radius 3 is 2.82 bits per heavy atom. The zero-order chi connectivity index (χ0) is 15.5. The van der Waals surface area contributed by atoms with Crippen LogP contribution in [0, 0.1) is 28.6 Å². The minimum Gasteiger partial charge on any atom is -0.395 e.